The van der Waals surface area contributed by atoms with Gasteiger partial charge in [-0.05, 0) is 42.3 Å². The Morgan fingerprint density at radius 1 is 1.67 bits per heavy atom. The average molecular weight is 314 g/mol. The predicted molar refractivity (Wildman–Crippen MR) is 76.5 cm³/mol. The molecule has 0 aliphatic carbocycles. The summed E-state index contributed by atoms with van der Waals surface area (Å²) in [5, 5.41) is 7.87. The second kappa shape index (κ2) is 5.99. The maximum atomic E-state index is 5.47. The van der Waals surface area contributed by atoms with E-state index in [1.165, 1.54) is 5.57 Å². The first kappa shape index (κ1) is 13.8. The minimum atomic E-state index is 0.433. The molecule has 2 rings (SSSR count). The first-order chi connectivity index (χ1) is 8.58. The molecule has 5 heteroatoms. The van der Waals surface area contributed by atoms with E-state index in [9.17, 15) is 0 Å². The number of aryl methyl sites for hydroxylation is 2. The number of hydrogen-bond donors (Lipinski definition) is 1. The summed E-state index contributed by atoms with van der Waals surface area (Å²) < 4.78 is 8.46. The van der Waals surface area contributed by atoms with Crippen LogP contribution < -0.4 is 5.32 Å². The Kier molecular flexibility index (Phi) is 4.59. The van der Waals surface area contributed by atoms with Crippen LogP contribution in [0.2, 0.25) is 0 Å². The highest BCUT2D eigenvalue weighted by Gasteiger charge is 2.14. The summed E-state index contributed by atoms with van der Waals surface area (Å²) in [6.45, 7) is 6.74. The molecule has 18 heavy (non-hydrogen) atoms. The molecule has 1 N–H and O–H groups in total. The Labute approximate surface area is 117 Å². The Morgan fingerprint density at radius 2 is 2.44 bits per heavy atom. The molecule has 0 amide bonds. The first-order valence-corrected chi connectivity index (χ1v) is 7.04. The summed E-state index contributed by atoms with van der Waals surface area (Å²) in [6, 6.07) is 0.433. The molecule has 1 atom stereocenters. The van der Waals surface area contributed by atoms with Gasteiger partial charge in [-0.3, -0.25) is 4.68 Å². The van der Waals surface area contributed by atoms with Crippen LogP contribution in [0.5, 0.6) is 0 Å². The Morgan fingerprint density at radius 3 is 3.00 bits per heavy atom. The molecule has 2 heterocycles. The lowest BCUT2D eigenvalue weighted by Gasteiger charge is -2.24. The second-order valence-corrected chi connectivity index (χ2v) is 5.62. The van der Waals surface area contributed by atoms with Crippen LogP contribution in [0.1, 0.15) is 24.7 Å². The van der Waals surface area contributed by atoms with Crippen molar-refractivity contribution in [3.8, 4) is 0 Å². The van der Waals surface area contributed by atoms with Gasteiger partial charge in [-0.15, -0.1) is 0 Å². The van der Waals surface area contributed by atoms with Gasteiger partial charge in [0.1, 0.15) is 0 Å². The van der Waals surface area contributed by atoms with Gasteiger partial charge in [-0.2, -0.15) is 5.10 Å². The van der Waals surface area contributed by atoms with E-state index >= 15 is 0 Å². The normalized spacial score (nSPS) is 21.3. The maximum Gasteiger partial charge on any atom is 0.0751 e. The third-order valence-corrected chi connectivity index (χ3v) is 4.12. The smallest absolute Gasteiger partial charge is 0.0751 e. The molecule has 0 radical (unpaired) electrons. The van der Waals surface area contributed by atoms with E-state index in [0.717, 1.165) is 42.0 Å². The Hall–Kier alpha value is -0.650. The zero-order valence-electron chi connectivity index (χ0n) is 11.2. The van der Waals surface area contributed by atoms with Gasteiger partial charge in [-0.1, -0.05) is 5.57 Å². The van der Waals surface area contributed by atoms with Gasteiger partial charge in [0.2, 0.25) is 0 Å². The molecule has 1 unspecified atom stereocenters. The van der Waals surface area contributed by atoms with Crippen molar-refractivity contribution in [2.24, 2.45) is 7.05 Å². The number of nitrogens with one attached hydrogen (secondary N) is 1. The molecule has 1 aliphatic rings. The lowest BCUT2D eigenvalue weighted by molar-refractivity contribution is 0.0771. The fourth-order valence-electron chi connectivity index (χ4n) is 2.24. The van der Waals surface area contributed by atoms with Crippen LogP contribution in [0.25, 0.3) is 6.08 Å². The molecular formula is C13H20BrN3O. The van der Waals surface area contributed by atoms with E-state index in [4.69, 9.17) is 4.74 Å². The van der Waals surface area contributed by atoms with Crippen LogP contribution in [0.3, 0.4) is 0 Å². The summed E-state index contributed by atoms with van der Waals surface area (Å²) in [5.41, 5.74) is 3.49. The monoisotopic (exact) mass is 313 g/mol. The van der Waals surface area contributed by atoms with Crippen LogP contribution in [0.4, 0.5) is 0 Å². The quantitative estimate of drug-likeness (QED) is 0.930. The molecule has 4 nitrogen and oxygen atoms in total. The summed E-state index contributed by atoms with van der Waals surface area (Å²) in [7, 11) is 1.97. The highest BCUT2D eigenvalue weighted by atomic mass is 79.9. The molecule has 1 aromatic rings. The van der Waals surface area contributed by atoms with E-state index in [1.807, 2.05) is 18.7 Å². The molecule has 1 aliphatic heterocycles. The number of nitrogens with zero attached hydrogens (tertiary/aromatic N) is 2. The van der Waals surface area contributed by atoms with Crippen LogP contribution in [-0.4, -0.2) is 35.6 Å². The van der Waals surface area contributed by atoms with Crippen molar-refractivity contribution in [1.29, 1.82) is 0 Å². The van der Waals surface area contributed by atoms with Crippen molar-refractivity contribution in [2.45, 2.75) is 26.3 Å². The summed E-state index contributed by atoms with van der Waals surface area (Å²) in [6.07, 6.45) is 3.21. The number of rotatable bonds is 3. The summed E-state index contributed by atoms with van der Waals surface area (Å²) in [4.78, 5) is 0. The molecule has 0 bridgehead atoms. The summed E-state index contributed by atoms with van der Waals surface area (Å²) in [5.74, 6) is 0. The highest BCUT2D eigenvalue weighted by molar-refractivity contribution is 9.10. The molecule has 100 valence electrons. The number of ether oxygens (including phenoxy) is 1. The predicted octanol–water partition coefficient (Wildman–Crippen LogP) is 2.27. The van der Waals surface area contributed by atoms with Gasteiger partial charge in [0.05, 0.1) is 29.1 Å². The number of aromatic nitrogens is 2. The first-order valence-electron chi connectivity index (χ1n) is 6.25. The Bertz CT molecular complexity index is 447. The van der Waals surface area contributed by atoms with Crippen molar-refractivity contribution in [2.75, 3.05) is 19.8 Å². The van der Waals surface area contributed by atoms with E-state index in [-0.39, 0.29) is 0 Å². The molecule has 0 saturated carbocycles. The van der Waals surface area contributed by atoms with Crippen molar-refractivity contribution in [1.82, 2.24) is 15.1 Å². The molecule has 1 aromatic heterocycles. The van der Waals surface area contributed by atoms with Crippen LogP contribution >= 0.6 is 15.9 Å². The van der Waals surface area contributed by atoms with Crippen molar-refractivity contribution >= 4 is 22.0 Å². The van der Waals surface area contributed by atoms with Gasteiger partial charge < -0.3 is 10.1 Å². The highest BCUT2D eigenvalue weighted by Crippen LogP contribution is 2.23. The largest absolute Gasteiger partial charge is 0.379 e. The molecular weight excluding hydrogens is 294 g/mol. The standard InChI is InChI=1S/C13H20BrN3O/c1-9(6-11-8-18-5-4-15-11)7-12-13(14)10(2)16-17(12)3/h7,11,15H,4-6,8H2,1-3H3. The molecule has 1 saturated heterocycles. The topological polar surface area (TPSA) is 39.1 Å². The second-order valence-electron chi connectivity index (χ2n) is 4.83. The third-order valence-electron chi connectivity index (χ3n) is 3.14. The maximum absolute atomic E-state index is 5.47. The van der Waals surface area contributed by atoms with Gasteiger partial charge >= 0.3 is 0 Å². The van der Waals surface area contributed by atoms with Crippen LogP contribution in [0.15, 0.2) is 10.0 Å². The molecule has 0 spiro atoms. The average Bonchev–Trinajstić information content (AvgIpc) is 2.57. The van der Waals surface area contributed by atoms with E-state index in [1.54, 1.807) is 0 Å². The van der Waals surface area contributed by atoms with Crippen molar-refractivity contribution < 1.29 is 4.74 Å². The van der Waals surface area contributed by atoms with Gasteiger partial charge in [-0.25, -0.2) is 0 Å². The van der Waals surface area contributed by atoms with Gasteiger partial charge in [0.25, 0.3) is 0 Å². The van der Waals surface area contributed by atoms with Crippen LogP contribution in [0, 0.1) is 6.92 Å². The van der Waals surface area contributed by atoms with Gasteiger partial charge in [0.15, 0.2) is 0 Å². The summed E-state index contributed by atoms with van der Waals surface area (Å²) >= 11 is 3.59. The lowest BCUT2D eigenvalue weighted by atomic mass is 10.1. The SMILES string of the molecule is CC(=Cc1c(Br)c(C)nn1C)CC1COCCN1. The molecule has 0 aromatic carbocycles. The minimum Gasteiger partial charge on any atom is -0.379 e. The van der Waals surface area contributed by atoms with E-state index < -0.39 is 0 Å². The number of morpholine rings is 1. The van der Waals surface area contributed by atoms with E-state index in [2.05, 4.69) is 39.3 Å². The number of halogens is 1. The van der Waals surface area contributed by atoms with Crippen molar-refractivity contribution in [3.63, 3.8) is 0 Å². The fraction of sp³-hybridized carbons (Fsp3) is 0.615. The third kappa shape index (κ3) is 3.22. The Balaban J connectivity index is 2.07. The van der Waals surface area contributed by atoms with Crippen molar-refractivity contribution in [3.05, 3.63) is 21.4 Å². The van der Waals surface area contributed by atoms with Crippen LogP contribution in [-0.2, 0) is 11.8 Å². The minimum absolute atomic E-state index is 0.433. The van der Waals surface area contributed by atoms with E-state index in [0.29, 0.717) is 6.04 Å². The zero-order valence-corrected chi connectivity index (χ0v) is 12.7. The fourth-order valence-corrected chi connectivity index (χ4v) is 2.69. The lowest BCUT2D eigenvalue weighted by Crippen LogP contribution is -2.41. The number of hydrogen-bond acceptors (Lipinski definition) is 3. The van der Waals surface area contributed by atoms with Gasteiger partial charge in [0, 0.05) is 19.6 Å². The molecule has 1 fully saturated rings. The zero-order chi connectivity index (χ0) is 13.1.